The molecule has 3 rings (SSSR count). The topological polar surface area (TPSA) is 99.9 Å². The number of nitrogen functional groups attached to an aromatic ring is 2. The van der Waals surface area contributed by atoms with Gasteiger partial charge in [0.2, 0.25) is 5.95 Å². The first kappa shape index (κ1) is 15.3. The molecule has 0 aliphatic heterocycles. The van der Waals surface area contributed by atoms with Gasteiger partial charge in [-0.05, 0) is 36.4 Å². The van der Waals surface area contributed by atoms with Gasteiger partial charge in [-0.3, -0.25) is 4.98 Å². The van der Waals surface area contributed by atoms with Crippen molar-refractivity contribution in [1.29, 1.82) is 0 Å². The Morgan fingerprint density at radius 1 is 1.00 bits per heavy atom. The van der Waals surface area contributed by atoms with Crippen molar-refractivity contribution in [3.05, 3.63) is 59.9 Å². The van der Waals surface area contributed by atoms with Gasteiger partial charge in [0, 0.05) is 23.5 Å². The fraction of sp³-hybridized carbons (Fsp3) is 0.0556. The number of methoxy groups -OCH3 is 1. The lowest BCUT2D eigenvalue weighted by atomic mass is 10.1. The van der Waals surface area contributed by atoms with Crippen LogP contribution >= 0.6 is 0 Å². The van der Waals surface area contributed by atoms with Crippen molar-refractivity contribution >= 4 is 11.8 Å². The van der Waals surface area contributed by atoms with Gasteiger partial charge in [-0.15, -0.1) is 0 Å². The zero-order valence-corrected chi connectivity index (χ0v) is 13.0. The summed E-state index contributed by atoms with van der Waals surface area (Å²) in [7, 11) is 1.61. The Bertz CT molecular complexity index is 912. The molecule has 6 heteroatoms. The standard InChI is InChI=1S/C18H15N5O/c1-24-14-7-5-13(6-8-14)16-15(17(19)23-18(20)22-16)9-4-12-3-2-10-21-11-12/h2-3,5-8,10-11H,1H3,(H4,19,20,22,23). The number of rotatable bonds is 2. The fourth-order valence-corrected chi connectivity index (χ4v) is 2.15. The van der Waals surface area contributed by atoms with E-state index in [9.17, 15) is 0 Å². The molecular weight excluding hydrogens is 302 g/mol. The second kappa shape index (κ2) is 6.67. The quantitative estimate of drug-likeness (QED) is 0.702. The van der Waals surface area contributed by atoms with Crippen LogP contribution in [0.1, 0.15) is 11.1 Å². The van der Waals surface area contributed by atoms with Crippen LogP contribution in [0.2, 0.25) is 0 Å². The minimum absolute atomic E-state index is 0.102. The van der Waals surface area contributed by atoms with Crippen molar-refractivity contribution in [1.82, 2.24) is 15.0 Å². The van der Waals surface area contributed by atoms with Crippen molar-refractivity contribution in [3.8, 4) is 28.8 Å². The molecule has 24 heavy (non-hydrogen) atoms. The van der Waals surface area contributed by atoms with Gasteiger partial charge in [0.15, 0.2) is 0 Å². The molecule has 0 saturated carbocycles. The fourth-order valence-electron chi connectivity index (χ4n) is 2.15. The van der Waals surface area contributed by atoms with Gasteiger partial charge in [-0.25, -0.2) is 4.98 Å². The van der Waals surface area contributed by atoms with E-state index in [0.29, 0.717) is 11.3 Å². The van der Waals surface area contributed by atoms with Gasteiger partial charge in [-0.1, -0.05) is 11.8 Å². The highest BCUT2D eigenvalue weighted by molar-refractivity contribution is 5.74. The van der Waals surface area contributed by atoms with Crippen LogP contribution in [0.4, 0.5) is 11.8 Å². The molecule has 1 aromatic carbocycles. The van der Waals surface area contributed by atoms with Gasteiger partial charge in [0.25, 0.3) is 0 Å². The number of nitrogens with two attached hydrogens (primary N) is 2. The number of hydrogen-bond acceptors (Lipinski definition) is 6. The Labute approximate surface area is 139 Å². The summed E-state index contributed by atoms with van der Waals surface area (Å²) < 4.78 is 5.17. The molecule has 0 spiro atoms. The van der Waals surface area contributed by atoms with Crippen molar-refractivity contribution in [2.24, 2.45) is 0 Å². The smallest absolute Gasteiger partial charge is 0.222 e. The summed E-state index contributed by atoms with van der Waals surface area (Å²) in [5.74, 6) is 7.13. The molecule has 0 radical (unpaired) electrons. The maximum Gasteiger partial charge on any atom is 0.222 e. The van der Waals surface area contributed by atoms with E-state index >= 15 is 0 Å². The molecule has 2 aromatic heterocycles. The van der Waals surface area contributed by atoms with Crippen LogP contribution in [0.3, 0.4) is 0 Å². The summed E-state index contributed by atoms with van der Waals surface area (Å²) in [6.07, 6.45) is 3.36. The summed E-state index contributed by atoms with van der Waals surface area (Å²) in [5, 5.41) is 0. The molecule has 0 amide bonds. The maximum atomic E-state index is 6.01. The number of pyridine rings is 1. The van der Waals surface area contributed by atoms with Gasteiger partial charge in [0.1, 0.15) is 11.6 Å². The predicted molar refractivity (Wildman–Crippen MR) is 93.1 cm³/mol. The first-order chi connectivity index (χ1) is 11.7. The average Bonchev–Trinajstić information content (AvgIpc) is 2.61. The van der Waals surface area contributed by atoms with E-state index in [-0.39, 0.29) is 11.8 Å². The van der Waals surface area contributed by atoms with E-state index in [2.05, 4.69) is 26.8 Å². The normalized spacial score (nSPS) is 9.88. The highest BCUT2D eigenvalue weighted by Gasteiger charge is 2.12. The van der Waals surface area contributed by atoms with Crippen LogP contribution in [0, 0.1) is 11.8 Å². The largest absolute Gasteiger partial charge is 0.497 e. The molecule has 118 valence electrons. The van der Waals surface area contributed by atoms with E-state index in [0.717, 1.165) is 16.9 Å². The summed E-state index contributed by atoms with van der Waals surface area (Å²) in [6.45, 7) is 0. The minimum atomic E-state index is 0.102. The number of benzene rings is 1. The van der Waals surface area contributed by atoms with Crippen molar-refractivity contribution in [3.63, 3.8) is 0 Å². The van der Waals surface area contributed by atoms with Gasteiger partial charge < -0.3 is 16.2 Å². The van der Waals surface area contributed by atoms with Gasteiger partial charge >= 0.3 is 0 Å². The minimum Gasteiger partial charge on any atom is -0.497 e. The summed E-state index contributed by atoms with van der Waals surface area (Å²) in [4.78, 5) is 12.3. The first-order valence-corrected chi connectivity index (χ1v) is 7.17. The molecular formula is C18H15N5O. The maximum absolute atomic E-state index is 6.01. The number of ether oxygens (including phenoxy) is 1. The van der Waals surface area contributed by atoms with Crippen LogP contribution in [0.25, 0.3) is 11.3 Å². The number of nitrogens with zero attached hydrogens (tertiary/aromatic N) is 3. The highest BCUT2D eigenvalue weighted by Crippen LogP contribution is 2.27. The molecule has 0 aliphatic carbocycles. The van der Waals surface area contributed by atoms with E-state index in [1.165, 1.54) is 0 Å². The second-order valence-electron chi connectivity index (χ2n) is 4.91. The lowest BCUT2D eigenvalue weighted by molar-refractivity contribution is 0.415. The first-order valence-electron chi connectivity index (χ1n) is 7.17. The summed E-state index contributed by atoms with van der Waals surface area (Å²) in [5.41, 5.74) is 14.5. The number of aromatic nitrogens is 3. The summed E-state index contributed by atoms with van der Waals surface area (Å²) >= 11 is 0. The molecule has 3 aromatic rings. The summed E-state index contributed by atoms with van der Waals surface area (Å²) in [6, 6.07) is 11.1. The molecule has 0 atom stereocenters. The lowest BCUT2D eigenvalue weighted by Crippen LogP contribution is -2.05. The van der Waals surface area contributed by atoms with Crippen LogP contribution in [0.5, 0.6) is 5.75 Å². The molecule has 6 nitrogen and oxygen atoms in total. The molecule has 4 N–H and O–H groups in total. The Kier molecular flexibility index (Phi) is 4.25. The van der Waals surface area contributed by atoms with Crippen molar-refractivity contribution in [2.45, 2.75) is 0 Å². The van der Waals surface area contributed by atoms with Crippen molar-refractivity contribution in [2.75, 3.05) is 18.6 Å². The predicted octanol–water partition coefficient (Wildman–Crippen LogP) is 2.11. The van der Waals surface area contributed by atoms with E-state index in [4.69, 9.17) is 16.2 Å². The van der Waals surface area contributed by atoms with E-state index < -0.39 is 0 Å². The van der Waals surface area contributed by atoms with Gasteiger partial charge in [-0.2, -0.15) is 4.98 Å². The van der Waals surface area contributed by atoms with Crippen LogP contribution in [-0.2, 0) is 0 Å². The average molecular weight is 317 g/mol. The molecule has 0 aliphatic rings. The lowest BCUT2D eigenvalue weighted by Gasteiger charge is -2.08. The molecule has 2 heterocycles. The molecule has 0 unspecified atom stereocenters. The third-order valence-electron chi connectivity index (χ3n) is 3.31. The van der Waals surface area contributed by atoms with Crippen molar-refractivity contribution < 1.29 is 4.74 Å². The monoisotopic (exact) mass is 317 g/mol. The van der Waals surface area contributed by atoms with E-state index in [1.54, 1.807) is 19.5 Å². The Hall–Kier alpha value is -3.59. The van der Waals surface area contributed by atoms with Crippen LogP contribution < -0.4 is 16.2 Å². The second-order valence-corrected chi connectivity index (χ2v) is 4.91. The Morgan fingerprint density at radius 3 is 2.46 bits per heavy atom. The highest BCUT2D eigenvalue weighted by atomic mass is 16.5. The third-order valence-corrected chi connectivity index (χ3v) is 3.31. The third kappa shape index (κ3) is 3.25. The zero-order valence-electron chi connectivity index (χ0n) is 13.0. The molecule has 0 bridgehead atoms. The van der Waals surface area contributed by atoms with Gasteiger partial charge in [0.05, 0.1) is 18.4 Å². The zero-order chi connectivity index (χ0) is 16.9. The SMILES string of the molecule is COc1ccc(-c2nc(N)nc(N)c2C#Cc2cccnc2)cc1. The number of hydrogen-bond donors (Lipinski definition) is 2. The van der Waals surface area contributed by atoms with E-state index in [1.807, 2.05) is 36.4 Å². The van der Waals surface area contributed by atoms with Crippen LogP contribution in [0.15, 0.2) is 48.8 Å². The molecule has 0 saturated heterocycles. The Balaban J connectivity index is 2.10. The molecule has 0 fully saturated rings. The number of anilines is 2. The van der Waals surface area contributed by atoms with Crippen LogP contribution in [-0.4, -0.2) is 22.1 Å². The Morgan fingerprint density at radius 2 is 1.79 bits per heavy atom.